The Hall–Kier alpha value is -1.39. The zero-order valence-corrected chi connectivity index (χ0v) is 11.1. The maximum atomic E-state index is 9.17. The Morgan fingerprint density at radius 3 is 2.83 bits per heavy atom. The van der Waals surface area contributed by atoms with Crippen molar-refractivity contribution in [3.63, 3.8) is 0 Å². The van der Waals surface area contributed by atoms with Crippen molar-refractivity contribution in [2.45, 2.75) is 32.9 Å². The lowest BCUT2D eigenvalue weighted by Gasteiger charge is -2.09. The lowest BCUT2D eigenvalue weighted by Crippen LogP contribution is -2.26. The van der Waals surface area contributed by atoms with Crippen LogP contribution in [0.15, 0.2) is 24.3 Å². The first-order valence-electron chi connectivity index (χ1n) is 6.50. The van der Waals surface area contributed by atoms with Crippen LogP contribution >= 0.6 is 0 Å². The third kappa shape index (κ3) is 2.89. The van der Waals surface area contributed by atoms with Crippen LogP contribution < -0.4 is 5.32 Å². The van der Waals surface area contributed by atoms with Crippen LogP contribution in [0.5, 0.6) is 0 Å². The van der Waals surface area contributed by atoms with E-state index in [4.69, 9.17) is 0 Å². The molecule has 0 unspecified atom stereocenters. The van der Waals surface area contributed by atoms with E-state index in [2.05, 4.69) is 34.8 Å². The van der Waals surface area contributed by atoms with Crippen molar-refractivity contribution < 1.29 is 5.11 Å². The molecule has 18 heavy (non-hydrogen) atoms. The predicted octanol–water partition coefficient (Wildman–Crippen LogP) is 1.57. The number of aromatic nitrogens is 2. The van der Waals surface area contributed by atoms with Crippen LogP contribution in [-0.2, 0) is 13.0 Å². The van der Waals surface area contributed by atoms with Crippen LogP contribution in [0.2, 0.25) is 0 Å². The Kier molecular flexibility index (Phi) is 4.33. The molecular weight excluding hydrogens is 226 g/mol. The highest BCUT2D eigenvalue weighted by atomic mass is 16.3. The number of fused-ring (bicyclic) bond motifs is 1. The van der Waals surface area contributed by atoms with Gasteiger partial charge >= 0.3 is 0 Å². The van der Waals surface area contributed by atoms with Crippen molar-refractivity contribution in [3.05, 3.63) is 30.1 Å². The number of rotatable bonds is 6. The van der Waals surface area contributed by atoms with Gasteiger partial charge in [-0.25, -0.2) is 4.98 Å². The third-order valence-electron chi connectivity index (χ3n) is 2.96. The number of aliphatic hydroxyl groups excluding tert-OH is 1. The minimum Gasteiger partial charge on any atom is -0.395 e. The van der Waals surface area contributed by atoms with E-state index in [1.54, 1.807) is 0 Å². The van der Waals surface area contributed by atoms with Crippen LogP contribution in [-0.4, -0.2) is 33.9 Å². The molecule has 0 saturated heterocycles. The monoisotopic (exact) mass is 247 g/mol. The van der Waals surface area contributed by atoms with E-state index in [-0.39, 0.29) is 6.61 Å². The van der Waals surface area contributed by atoms with Crippen molar-refractivity contribution >= 4 is 11.0 Å². The van der Waals surface area contributed by atoms with E-state index in [1.807, 2.05) is 18.2 Å². The van der Waals surface area contributed by atoms with Crippen LogP contribution in [0.3, 0.4) is 0 Å². The summed E-state index contributed by atoms with van der Waals surface area (Å²) in [6.45, 7) is 5.93. The maximum absolute atomic E-state index is 9.17. The largest absolute Gasteiger partial charge is 0.395 e. The molecule has 4 nitrogen and oxygen atoms in total. The molecule has 0 atom stereocenters. The smallest absolute Gasteiger partial charge is 0.111 e. The van der Waals surface area contributed by atoms with Crippen molar-refractivity contribution in [1.82, 2.24) is 14.9 Å². The van der Waals surface area contributed by atoms with Crippen molar-refractivity contribution in [2.24, 2.45) is 0 Å². The minimum atomic E-state index is 0.144. The van der Waals surface area contributed by atoms with E-state index in [0.29, 0.717) is 12.6 Å². The quantitative estimate of drug-likeness (QED) is 0.814. The van der Waals surface area contributed by atoms with Crippen LogP contribution in [0.1, 0.15) is 19.7 Å². The molecule has 98 valence electrons. The second-order valence-electron chi connectivity index (χ2n) is 4.75. The van der Waals surface area contributed by atoms with Crippen LogP contribution in [0, 0.1) is 0 Å². The fourth-order valence-corrected chi connectivity index (χ4v) is 2.14. The van der Waals surface area contributed by atoms with Gasteiger partial charge in [-0.3, -0.25) is 0 Å². The summed E-state index contributed by atoms with van der Waals surface area (Å²) in [5.41, 5.74) is 2.11. The number of para-hydroxylation sites is 2. The molecule has 0 aliphatic heterocycles. The molecule has 0 aliphatic rings. The molecule has 2 N–H and O–H groups in total. The molecule has 2 rings (SSSR count). The van der Waals surface area contributed by atoms with Gasteiger partial charge in [-0.15, -0.1) is 0 Å². The summed E-state index contributed by atoms with van der Waals surface area (Å²) < 4.78 is 2.11. The number of benzene rings is 1. The van der Waals surface area contributed by atoms with Crippen molar-refractivity contribution in [2.75, 3.05) is 13.2 Å². The normalized spacial score (nSPS) is 11.6. The fraction of sp³-hybridized carbons (Fsp3) is 0.500. The van der Waals surface area contributed by atoms with Gasteiger partial charge in [0.15, 0.2) is 0 Å². The first-order chi connectivity index (χ1) is 8.72. The van der Waals surface area contributed by atoms with Gasteiger partial charge in [-0.05, 0) is 12.1 Å². The number of aliphatic hydroxyl groups is 1. The van der Waals surface area contributed by atoms with E-state index in [0.717, 1.165) is 29.8 Å². The Morgan fingerprint density at radius 2 is 2.11 bits per heavy atom. The molecule has 1 aromatic carbocycles. The first-order valence-corrected chi connectivity index (χ1v) is 6.50. The van der Waals surface area contributed by atoms with Gasteiger partial charge in [-0.1, -0.05) is 26.0 Å². The second-order valence-corrected chi connectivity index (χ2v) is 4.75. The Morgan fingerprint density at radius 1 is 1.33 bits per heavy atom. The van der Waals surface area contributed by atoms with E-state index >= 15 is 0 Å². The number of nitrogens with one attached hydrogen (secondary N) is 1. The molecule has 1 aromatic heterocycles. The standard InChI is InChI=1S/C14H21N3O/c1-11(2)15-8-7-14-16-12-5-3-4-6-13(12)17(14)9-10-18/h3-6,11,15,18H,7-10H2,1-2H3. The van der Waals surface area contributed by atoms with Gasteiger partial charge in [0.05, 0.1) is 17.6 Å². The second kappa shape index (κ2) is 5.98. The average molecular weight is 247 g/mol. The summed E-state index contributed by atoms with van der Waals surface area (Å²) in [6.07, 6.45) is 0.882. The summed E-state index contributed by atoms with van der Waals surface area (Å²) in [6, 6.07) is 8.56. The van der Waals surface area contributed by atoms with Gasteiger partial charge in [0.1, 0.15) is 5.82 Å². The molecule has 1 heterocycles. The zero-order chi connectivity index (χ0) is 13.0. The van der Waals surface area contributed by atoms with Crippen molar-refractivity contribution in [1.29, 1.82) is 0 Å². The summed E-state index contributed by atoms with van der Waals surface area (Å²) in [5, 5.41) is 12.6. The highest BCUT2D eigenvalue weighted by Gasteiger charge is 2.09. The SMILES string of the molecule is CC(C)NCCc1nc2ccccc2n1CCO. The van der Waals surface area contributed by atoms with E-state index in [1.165, 1.54) is 0 Å². The molecule has 0 spiro atoms. The summed E-state index contributed by atoms with van der Waals surface area (Å²) in [7, 11) is 0. The average Bonchev–Trinajstić information content (AvgIpc) is 2.68. The molecule has 0 amide bonds. The molecule has 4 heteroatoms. The van der Waals surface area contributed by atoms with Crippen LogP contribution in [0.4, 0.5) is 0 Å². The lowest BCUT2D eigenvalue weighted by molar-refractivity contribution is 0.276. The number of hydrogen-bond donors (Lipinski definition) is 2. The summed E-state index contributed by atoms with van der Waals surface area (Å²) in [4.78, 5) is 4.64. The van der Waals surface area contributed by atoms with E-state index in [9.17, 15) is 5.11 Å². The molecule has 0 radical (unpaired) electrons. The van der Waals surface area contributed by atoms with Gasteiger partial charge in [0.2, 0.25) is 0 Å². The summed E-state index contributed by atoms with van der Waals surface area (Å²) >= 11 is 0. The van der Waals surface area contributed by atoms with Crippen molar-refractivity contribution in [3.8, 4) is 0 Å². The molecule has 0 fully saturated rings. The molecule has 0 saturated carbocycles. The Bertz CT molecular complexity index is 505. The topological polar surface area (TPSA) is 50.1 Å². The highest BCUT2D eigenvalue weighted by Crippen LogP contribution is 2.16. The molecule has 0 bridgehead atoms. The number of hydrogen-bond acceptors (Lipinski definition) is 3. The van der Waals surface area contributed by atoms with Gasteiger partial charge in [0, 0.05) is 25.6 Å². The summed E-state index contributed by atoms with van der Waals surface area (Å²) in [5.74, 6) is 1.04. The van der Waals surface area contributed by atoms with Gasteiger partial charge in [-0.2, -0.15) is 0 Å². The number of nitrogens with zero attached hydrogens (tertiary/aromatic N) is 2. The Balaban J connectivity index is 2.22. The van der Waals surface area contributed by atoms with Gasteiger partial charge in [0.25, 0.3) is 0 Å². The highest BCUT2D eigenvalue weighted by molar-refractivity contribution is 5.75. The molecule has 2 aromatic rings. The third-order valence-corrected chi connectivity index (χ3v) is 2.96. The molecule has 0 aliphatic carbocycles. The predicted molar refractivity (Wildman–Crippen MR) is 73.7 cm³/mol. The van der Waals surface area contributed by atoms with Gasteiger partial charge < -0.3 is 15.0 Å². The number of imidazole rings is 1. The zero-order valence-electron chi connectivity index (χ0n) is 11.1. The maximum Gasteiger partial charge on any atom is 0.111 e. The lowest BCUT2D eigenvalue weighted by atomic mass is 10.3. The Labute approximate surface area is 108 Å². The van der Waals surface area contributed by atoms with Crippen LogP contribution in [0.25, 0.3) is 11.0 Å². The van der Waals surface area contributed by atoms with E-state index < -0.39 is 0 Å². The minimum absolute atomic E-state index is 0.144. The fourth-order valence-electron chi connectivity index (χ4n) is 2.14. The first kappa shape index (κ1) is 13.1. The molecular formula is C14H21N3O.